The van der Waals surface area contributed by atoms with Gasteiger partial charge in [0.1, 0.15) is 5.76 Å². The molecule has 2 heterocycles. The normalized spacial score (nSPS) is 13.8. The average molecular weight is 403 g/mol. The Bertz CT molecular complexity index is 1040. The third-order valence-corrected chi connectivity index (χ3v) is 5.32. The van der Waals surface area contributed by atoms with Crippen LogP contribution in [0.25, 0.3) is 11.5 Å². The number of amides is 2. The van der Waals surface area contributed by atoms with Crippen molar-refractivity contribution in [2.45, 2.75) is 32.6 Å². The van der Waals surface area contributed by atoms with Gasteiger partial charge >= 0.3 is 0 Å². The monoisotopic (exact) mass is 403 g/mol. The van der Waals surface area contributed by atoms with Gasteiger partial charge in [-0.15, -0.1) is 0 Å². The Labute approximate surface area is 175 Å². The van der Waals surface area contributed by atoms with Crippen molar-refractivity contribution in [3.8, 4) is 11.5 Å². The van der Waals surface area contributed by atoms with Crippen LogP contribution in [0.4, 0.5) is 5.69 Å². The summed E-state index contributed by atoms with van der Waals surface area (Å²) in [6, 6.07) is 16.8. The van der Waals surface area contributed by atoms with E-state index in [0.717, 1.165) is 37.9 Å². The predicted octanol–water partition coefficient (Wildman–Crippen LogP) is 4.46. The van der Waals surface area contributed by atoms with Gasteiger partial charge in [0.25, 0.3) is 5.91 Å². The zero-order valence-corrected chi connectivity index (χ0v) is 17.1. The molecule has 0 bridgehead atoms. The molecule has 2 amide bonds. The van der Waals surface area contributed by atoms with E-state index in [1.54, 1.807) is 19.1 Å². The number of nitrogens with one attached hydrogen (secondary N) is 1. The van der Waals surface area contributed by atoms with Gasteiger partial charge in [-0.1, -0.05) is 30.3 Å². The standard InChI is InChI=1S/C24H25N3O3/c1-17-21(26-23(30-17)18-10-4-2-5-11-18)16-22(28)25-20-13-7-6-12-19(20)24(29)27-14-8-3-9-15-27/h2,4-7,10-13H,3,8-9,14-16H2,1H3,(H,25,28). The minimum Gasteiger partial charge on any atom is -0.441 e. The highest BCUT2D eigenvalue weighted by Crippen LogP contribution is 2.23. The average Bonchev–Trinajstić information content (AvgIpc) is 3.15. The Hall–Kier alpha value is -3.41. The van der Waals surface area contributed by atoms with E-state index < -0.39 is 0 Å². The predicted molar refractivity (Wildman–Crippen MR) is 115 cm³/mol. The second-order valence-electron chi connectivity index (χ2n) is 7.51. The molecular weight excluding hydrogens is 378 g/mol. The maximum atomic E-state index is 12.9. The van der Waals surface area contributed by atoms with E-state index >= 15 is 0 Å². The molecule has 2 aromatic carbocycles. The van der Waals surface area contributed by atoms with E-state index in [4.69, 9.17) is 4.42 Å². The number of carbonyl (C=O) groups is 2. The fourth-order valence-corrected chi connectivity index (χ4v) is 3.69. The Kier molecular flexibility index (Phi) is 5.93. The van der Waals surface area contributed by atoms with Crippen LogP contribution < -0.4 is 5.32 Å². The molecule has 1 fully saturated rings. The largest absolute Gasteiger partial charge is 0.441 e. The lowest BCUT2D eigenvalue weighted by atomic mass is 10.1. The van der Waals surface area contributed by atoms with Crippen LogP contribution in [0.3, 0.4) is 0 Å². The van der Waals surface area contributed by atoms with E-state index in [1.165, 1.54) is 0 Å². The first kappa shape index (κ1) is 19.9. The molecule has 0 radical (unpaired) electrons. The molecule has 3 aromatic rings. The van der Waals surface area contributed by atoms with Crippen molar-refractivity contribution in [3.63, 3.8) is 0 Å². The van der Waals surface area contributed by atoms with Crippen LogP contribution in [-0.2, 0) is 11.2 Å². The number of hydrogen-bond acceptors (Lipinski definition) is 4. The summed E-state index contributed by atoms with van der Waals surface area (Å²) in [4.78, 5) is 32.0. The first-order chi connectivity index (χ1) is 14.6. The fourth-order valence-electron chi connectivity index (χ4n) is 3.69. The van der Waals surface area contributed by atoms with Gasteiger partial charge in [-0.2, -0.15) is 0 Å². The summed E-state index contributed by atoms with van der Waals surface area (Å²) >= 11 is 0. The van der Waals surface area contributed by atoms with Gasteiger partial charge in [-0.25, -0.2) is 4.98 Å². The molecule has 6 heteroatoms. The number of carbonyl (C=O) groups excluding carboxylic acids is 2. The van der Waals surface area contributed by atoms with Crippen molar-refractivity contribution < 1.29 is 14.0 Å². The van der Waals surface area contributed by atoms with Crippen LogP contribution in [0.5, 0.6) is 0 Å². The molecule has 30 heavy (non-hydrogen) atoms. The summed E-state index contributed by atoms with van der Waals surface area (Å²) in [7, 11) is 0. The van der Waals surface area contributed by atoms with Gasteiger partial charge in [0.05, 0.1) is 23.4 Å². The van der Waals surface area contributed by atoms with Gasteiger partial charge in [-0.3, -0.25) is 9.59 Å². The molecule has 6 nitrogen and oxygen atoms in total. The minimum absolute atomic E-state index is 0.0328. The van der Waals surface area contributed by atoms with Gasteiger partial charge in [0, 0.05) is 18.7 Å². The number of oxazole rings is 1. The summed E-state index contributed by atoms with van der Waals surface area (Å²) in [6.07, 6.45) is 3.28. The third-order valence-electron chi connectivity index (χ3n) is 5.32. The SMILES string of the molecule is Cc1oc(-c2ccccc2)nc1CC(=O)Nc1ccccc1C(=O)N1CCCCC1. The van der Waals surface area contributed by atoms with Gasteiger partial charge < -0.3 is 14.6 Å². The summed E-state index contributed by atoms with van der Waals surface area (Å²) in [5.74, 6) is 0.845. The second-order valence-corrected chi connectivity index (χ2v) is 7.51. The van der Waals surface area contributed by atoms with Gasteiger partial charge in [-0.05, 0) is 50.5 Å². The molecule has 1 aromatic heterocycles. The number of rotatable bonds is 5. The van der Waals surface area contributed by atoms with Crippen molar-refractivity contribution >= 4 is 17.5 Å². The quantitative estimate of drug-likeness (QED) is 0.683. The van der Waals surface area contributed by atoms with E-state index in [2.05, 4.69) is 10.3 Å². The minimum atomic E-state index is -0.232. The van der Waals surface area contributed by atoms with E-state index in [0.29, 0.717) is 28.6 Å². The molecule has 4 rings (SSSR count). The molecule has 1 saturated heterocycles. The Morgan fingerprint density at radius 2 is 1.70 bits per heavy atom. The number of para-hydroxylation sites is 1. The fraction of sp³-hybridized carbons (Fsp3) is 0.292. The van der Waals surface area contributed by atoms with Crippen LogP contribution in [0.15, 0.2) is 59.0 Å². The highest BCUT2D eigenvalue weighted by atomic mass is 16.4. The number of benzene rings is 2. The Morgan fingerprint density at radius 3 is 2.47 bits per heavy atom. The third kappa shape index (κ3) is 4.43. The van der Waals surface area contributed by atoms with Crippen molar-refractivity contribution in [2.75, 3.05) is 18.4 Å². The lowest BCUT2D eigenvalue weighted by Crippen LogP contribution is -2.36. The van der Waals surface area contributed by atoms with Crippen LogP contribution >= 0.6 is 0 Å². The van der Waals surface area contributed by atoms with Crippen LogP contribution in [-0.4, -0.2) is 34.8 Å². The molecule has 1 aliphatic rings. The van der Waals surface area contributed by atoms with E-state index in [-0.39, 0.29) is 18.2 Å². The van der Waals surface area contributed by atoms with Crippen molar-refractivity contribution in [2.24, 2.45) is 0 Å². The first-order valence-electron chi connectivity index (χ1n) is 10.3. The molecule has 1 aliphatic heterocycles. The zero-order chi connectivity index (χ0) is 20.9. The lowest BCUT2D eigenvalue weighted by molar-refractivity contribution is -0.115. The summed E-state index contributed by atoms with van der Waals surface area (Å²) in [6.45, 7) is 3.33. The Balaban J connectivity index is 1.47. The second kappa shape index (κ2) is 8.95. The van der Waals surface area contributed by atoms with Gasteiger partial charge in [0.2, 0.25) is 11.8 Å². The smallest absolute Gasteiger partial charge is 0.255 e. The molecule has 0 aliphatic carbocycles. The number of nitrogens with zero attached hydrogens (tertiary/aromatic N) is 2. The number of hydrogen-bond donors (Lipinski definition) is 1. The van der Waals surface area contributed by atoms with E-state index in [9.17, 15) is 9.59 Å². The number of likely N-dealkylation sites (tertiary alicyclic amines) is 1. The molecule has 0 atom stereocenters. The van der Waals surface area contributed by atoms with Crippen molar-refractivity contribution in [1.82, 2.24) is 9.88 Å². The topological polar surface area (TPSA) is 75.4 Å². The molecule has 0 saturated carbocycles. The van der Waals surface area contributed by atoms with E-state index in [1.807, 2.05) is 47.4 Å². The van der Waals surface area contributed by atoms with Crippen molar-refractivity contribution in [1.29, 1.82) is 0 Å². The van der Waals surface area contributed by atoms with Gasteiger partial charge in [0.15, 0.2) is 0 Å². The maximum absolute atomic E-state index is 12.9. The lowest BCUT2D eigenvalue weighted by Gasteiger charge is -2.27. The van der Waals surface area contributed by atoms with Crippen LogP contribution in [0.1, 0.15) is 41.1 Å². The van der Waals surface area contributed by atoms with Crippen LogP contribution in [0, 0.1) is 6.92 Å². The summed E-state index contributed by atoms with van der Waals surface area (Å²) in [5, 5.41) is 2.89. The van der Waals surface area contributed by atoms with Crippen LogP contribution in [0.2, 0.25) is 0 Å². The molecule has 154 valence electrons. The first-order valence-corrected chi connectivity index (χ1v) is 10.3. The number of anilines is 1. The molecular formula is C24H25N3O3. The number of aryl methyl sites for hydroxylation is 1. The highest BCUT2D eigenvalue weighted by molar-refractivity contribution is 6.04. The number of piperidine rings is 1. The molecule has 1 N–H and O–H groups in total. The number of aromatic nitrogens is 1. The zero-order valence-electron chi connectivity index (χ0n) is 17.1. The maximum Gasteiger partial charge on any atom is 0.255 e. The van der Waals surface area contributed by atoms with Crippen molar-refractivity contribution in [3.05, 3.63) is 71.6 Å². The molecule has 0 spiro atoms. The highest BCUT2D eigenvalue weighted by Gasteiger charge is 2.22. The summed E-state index contributed by atoms with van der Waals surface area (Å²) in [5.41, 5.74) is 2.51. The summed E-state index contributed by atoms with van der Waals surface area (Å²) < 4.78 is 5.74. The molecule has 0 unspecified atom stereocenters. The Morgan fingerprint density at radius 1 is 1.00 bits per heavy atom.